The Morgan fingerprint density at radius 3 is 0.827 bits per heavy atom. The number of aromatic amines is 2. The lowest BCUT2D eigenvalue weighted by Gasteiger charge is -2.26. The lowest BCUT2D eigenvalue weighted by molar-refractivity contribution is 0.568. The van der Waals surface area contributed by atoms with Gasteiger partial charge in [-0.2, -0.15) is 0 Å². The summed E-state index contributed by atoms with van der Waals surface area (Å²) in [4.78, 5) is 19.9. The van der Waals surface area contributed by atoms with Crippen LogP contribution in [0.4, 0.5) is 5.69 Å². The van der Waals surface area contributed by atoms with Crippen LogP contribution in [0.5, 0.6) is 0 Å². The molecule has 81 heavy (non-hydrogen) atoms. The van der Waals surface area contributed by atoms with E-state index in [0.29, 0.717) is 5.69 Å². The molecular formula is C76H95N5. The van der Waals surface area contributed by atoms with Crippen molar-refractivity contribution in [2.75, 3.05) is 5.73 Å². The zero-order valence-electron chi connectivity index (χ0n) is 53.9. The summed E-state index contributed by atoms with van der Waals surface area (Å²) in [5.74, 6) is 0. The molecule has 4 N–H and O–H groups in total. The molecule has 7 aromatic rings. The number of nitrogens with zero attached hydrogens (tertiary/aromatic N) is 2. The molecule has 0 atom stereocenters. The van der Waals surface area contributed by atoms with Crippen LogP contribution >= 0.6 is 0 Å². The molecule has 3 aromatic heterocycles. The van der Waals surface area contributed by atoms with E-state index >= 15 is 0 Å². The zero-order valence-corrected chi connectivity index (χ0v) is 53.9. The minimum absolute atomic E-state index is 0.112. The van der Waals surface area contributed by atoms with Crippen LogP contribution in [0.3, 0.4) is 0 Å². The molecular weight excluding hydrogens is 983 g/mol. The van der Waals surface area contributed by atoms with Gasteiger partial charge in [-0.1, -0.05) is 239 Å². The van der Waals surface area contributed by atoms with Crippen molar-refractivity contribution in [3.8, 4) is 44.5 Å². The molecule has 0 unspecified atom stereocenters. The molecule has 8 bridgehead atoms. The predicted molar refractivity (Wildman–Crippen MR) is 355 cm³/mol. The summed E-state index contributed by atoms with van der Waals surface area (Å²) in [5.41, 5.74) is 33.0. The number of anilines is 1. The van der Waals surface area contributed by atoms with E-state index in [1.54, 1.807) is 0 Å². The van der Waals surface area contributed by atoms with Gasteiger partial charge in [0, 0.05) is 33.3 Å². The van der Waals surface area contributed by atoms with E-state index in [4.69, 9.17) is 15.7 Å². The van der Waals surface area contributed by atoms with Crippen molar-refractivity contribution >= 4 is 52.1 Å². The van der Waals surface area contributed by atoms with Gasteiger partial charge in [-0.25, -0.2) is 9.97 Å². The average Bonchev–Trinajstić information content (AvgIpc) is 4.21. The Labute approximate surface area is 487 Å². The largest absolute Gasteiger partial charge is 0.397 e. The first-order valence-electron chi connectivity index (χ1n) is 29.7. The number of aromatic nitrogens is 4. The molecule has 0 aliphatic carbocycles. The molecule has 2 aliphatic heterocycles. The number of H-pyrrole nitrogens is 2. The predicted octanol–water partition coefficient (Wildman–Crippen LogP) is 21.3. The smallest absolute Gasteiger partial charge is 0.0738 e. The Morgan fingerprint density at radius 1 is 0.272 bits per heavy atom. The van der Waals surface area contributed by atoms with E-state index in [-0.39, 0.29) is 43.3 Å². The van der Waals surface area contributed by atoms with Crippen molar-refractivity contribution < 1.29 is 0 Å². The summed E-state index contributed by atoms with van der Waals surface area (Å²) in [7, 11) is 0. The molecule has 0 fully saturated rings. The van der Waals surface area contributed by atoms with E-state index in [2.05, 4.69) is 291 Å². The Bertz CT molecular complexity index is 3750. The summed E-state index contributed by atoms with van der Waals surface area (Å²) in [5, 5.41) is 0. The quantitative estimate of drug-likeness (QED) is 0.164. The van der Waals surface area contributed by atoms with Crippen LogP contribution in [0.1, 0.15) is 233 Å². The van der Waals surface area contributed by atoms with Crippen molar-refractivity contribution in [1.29, 1.82) is 0 Å². The van der Waals surface area contributed by atoms with Gasteiger partial charge in [0.15, 0.2) is 0 Å². The number of hydrogen-bond acceptors (Lipinski definition) is 3. The van der Waals surface area contributed by atoms with Crippen LogP contribution in [0.2, 0.25) is 0 Å². The number of nitrogens with two attached hydrogens (primary N) is 1. The summed E-state index contributed by atoms with van der Waals surface area (Å²) >= 11 is 0. The number of benzene rings is 4. The van der Waals surface area contributed by atoms with Crippen molar-refractivity contribution in [2.24, 2.45) is 0 Å². The average molecular weight is 1080 g/mol. The molecule has 0 radical (unpaired) electrons. The second-order valence-corrected chi connectivity index (χ2v) is 31.9. The minimum Gasteiger partial charge on any atom is -0.397 e. The van der Waals surface area contributed by atoms with Crippen LogP contribution in [0.15, 0.2) is 91.0 Å². The van der Waals surface area contributed by atoms with E-state index in [1.165, 1.54) is 44.5 Å². The Hall–Kier alpha value is -6.72. The molecule has 2 aliphatic rings. The first-order valence-corrected chi connectivity index (χ1v) is 29.7. The van der Waals surface area contributed by atoms with Crippen molar-refractivity contribution in [2.45, 2.75) is 209 Å². The number of hydrogen-bond donors (Lipinski definition) is 3. The fourth-order valence-corrected chi connectivity index (χ4v) is 11.1. The highest BCUT2D eigenvalue weighted by Gasteiger charge is 2.30. The summed E-state index contributed by atoms with van der Waals surface area (Å²) in [6.07, 6.45) is 8.88. The fraction of sp³-hybridized carbons (Fsp3) is 0.421. The highest BCUT2D eigenvalue weighted by molar-refractivity contribution is 6.04. The summed E-state index contributed by atoms with van der Waals surface area (Å²) < 4.78 is 0. The van der Waals surface area contributed by atoms with Crippen LogP contribution < -0.4 is 5.73 Å². The topological polar surface area (TPSA) is 83.4 Å². The molecule has 5 heterocycles. The standard InChI is InChI=1S/C76H95N5/c1-69(2,3)48-31-44(32-49(39-48)70(4,5)6)64-57-25-26-58(78-57)65(45-33-50(71(7,8)9)40-51(34-45)72(10,11)12)60-29-30-62(80-60)67(47-37-54(75(19,20)21)42-55(38-47)76(22,23)24)68-56(77)43-63(81-68)66(61-28-27-59(64)79-61)46-35-52(73(13,14)15)41-53(36-46)74(16,17)18/h25-43,79,81H,77H2,1-24H3. The maximum Gasteiger partial charge on any atom is 0.0738 e. The number of rotatable bonds is 4. The third-order valence-corrected chi connectivity index (χ3v) is 16.7. The van der Waals surface area contributed by atoms with Crippen LogP contribution in [0, 0.1) is 0 Å². The molecule has 5 heteroatoms. The molecule has 0 saturated carbocycles. The van der Waals surface area contributed by atoms with Gasteiger partial charge in [0.2, 0.25) is 0 Å². The molecule has 424 valence electrons. The third-order valence-electron chi connectivity index (χ3n) is 16.7. The summed E-state index contributed by atoms with van der Waals surface area (Å²) in [6.45, 7) is 55.5. The third kappa shape index (κ3) is 12.0. The van der Waals surface area contributed by atoms with Crippen molar-refractivity contribution in [3.05, 3.63) is 158 Å². The first kappa shape index (κ1) is 58.9. The highest BCUT2D eigenvalue weighted by atomic mass is 14.8. The molecule has 0 amide bonds. The van der Waals surface area contributed by atoms with Crippen LogP contribution in [0.25, 0.3) is 90.9 Å². The number of fused-ring (bicyclic) bond motifs is 8. The van der Waals surface area contributed by atoms with Crippen LogP contribution in [-0.2, 0) is 43.3 Å². The van der Waals surface area contributed by atoms with Crippen molar-refractivity contribution in [3.63, 3.8) is 0 Å². The second kappa shape index (κ2) is 19.7. The Balaban J connectivity index is 1.58. The van der Waals surface area contributed by atoms with Gasteiger partial charge in [0.25, 0.3) is 0 Å². The first-order chi connectivity index (χ1) is 37.1. The van der Waals surface area contributed by atoms with Gasteiger partial charge in [-0.05, 0) is 153 Å². The Morgan fingerprint density at radius 2 is 0.519 bits per heavy atom. The monoisotopic (exact) mass is 1080 g/mol. The highest BCUT2D eigenvalue weighted by Crippen LogP contribution is 2.46. The van der Waals surface area contributed by atoms with Gasteiger partial charge in [0.05, 0.1) is 39.5 Å². The Kier molecular flexibility index (Phi) is 14.4. The fourth-order valence-electron chi connectivity index (χ4n) is 11.1. The van der Waals surface area contributed by atoms with Crippen LogP contribution in [-0.4, -0.2) is 19.9 Å². The van der Waals surface area contributed by atoms with E-state index < -0.39 is 0 Å². The molecule has 5 nitrogen and oxygen atoms in total. The number of nitrogen functional groups attached to an aromatic ring is 1. The molecule has 4 aromatic carbocycles. The maximum absolute atomic E-state index is 7.60. The zero-order chi connectivity index (χ0) is 59.7. The van der Waals surface area contributed by atoms with E-state index in [9.17, 15) is 0 Å². The van der Waals surface area contributed by atoms with E-state index in [1.807, 2.05) is 0 Å². The molecule has 0 saturated heterocycles. The van der Waals surface area contributed by atoms with Gasteiger partial charge < -0.3 is 15.7 Å². The van der Waals surface area contributed by atoms with Gasteiger partial charge in [-0.3, -0.25) is 0 Å². The SMILES string of the molecule is CC(C)(C)c1cc(-c2c3nc(c(-c4cc(C(C)(C)C)cc(C(C)(C)C)c4)c4ccc([nH]4)c(-c4cc(C(C)(C)C)cc(C(C)(C)C)c4)c4cc(N)c([nH]4)c(-c4cc(C(C)(C)C)cc(C(C)(C)C)c4)c4nc2C=C4)C=C3)cc(C(C)(C)C)c1. The lowest BCUT2D eigenvalue weighted by atomic mass is 9.78. The minimum atomic E-state index is -0.135. The lowest BCUT2D eigenvalue weighted by Crippen LogP contribution is -2.16. The van der Waals surface area contributed by atoms with Gasteiger partial charge in [0.1, 0.15) is 0 Å². The molecule has 9 rings (SSSR count). The maximum atomic E-state index is 7.60. The van der Waals surface area contributed by atoms with E-state index in [0.717, 1.165) is 89.4 Å². The van der Waals surface area contributed by atoms with Gasteiger partial charge >= 0.3 is 0 Å². The normalized spacial score (nSPS) is 13.9. The van der Waals surface area contributed by atoms with Gasteiger partial charge in [-0.15, -0.1) is 0 Å². The second-order valence-electron chi connectivity index (χ2n) is 31.9. The molecule has 0 spiro atoms. The number of nitrogens with one attached hydrogen (secondary N) is 2. The van der Waals surface area contributed by atoms with Crippen molar-refractivity contribution in [1.82, 2.24) is 19.9 Å². The summed E-state index contributed by atoms with van der Waals surface area (Å²) in [6, 6.07) is 35.4.